The highest BCUT2D eigenvalue weighted by molar-refractivity contribution is 9.10. The van der Waals surface area contributed by atoms with Gasteiger partial charge in [0.25, 0.3) is 0 Å². The fraction of sp³-hybridized carbons (Fsp3) is 0.667. The van der Waals surface area contributed by atoms with E-state index in [1.54, 1.807) is 6.20 Å². The Morgan fingerprint density at radius 2 is 2.29 bits per heavy atom. The molecule has 2 saturated carbocycles. The first-order valence-electron chi connectivity index (χ1n) is 6.09. The minimum absolute atomic E-state index is 0.410. The lowest BCUT2D eigenvalue weighted by atomic mass is 9.94. The first kappa shape index (κ1) is 11.2. The maximum Gasteiger partial charge on any atom is 0.129 e. The van der Waals surface area contributed by atoms with Crippen LogP contribution < -0.4 is 5.32 Å². The minimum atomic E-state index is -0.410. The van der Waals surface area contributed by atoms with Crippen LogP contribution >= 0.6 is 15.9 Å². The van der Waals surface area contributed by atoms with Gasteiger partial charge in [0.1, 0.15) is 5.54 Å². The van der Waals surface area contributed by atoms with E-state index in [1.807, 2.05) is 10.9 Å². The molecule has 0 aliphatic heterocycles. The molecule has 5 heteroatoms. The average Bonchev–Trinajstić information content (AvgIpc) is 3.19. The molecule has 1 atom stereocenters. The third-order valence-corrected chi connectivity index (χ3v) is 3.94. The molecular formula is C12H15BrN4. The van der Waals surface area contributed by atoms with Gasteiger partial charge in [0.2, 0.25) is 0 Å². The maximum absolute atomic E-state index is 9.57. The van der Waals surface area contributed by atoms with E-state index in [9.17, 15) is 5.26 Å². The number of hydrogen-bond acceptors (Lipinski definition) is 3. The predicted octanol–water partition coefficient (Wildman–Crippen LogP) is 2.07. The van der Waals surface area contributed by atoms with Gasteiger partial charge in [0.05, 0.1) is 23.3 Å². The molecule has 0 radical (unpaired) electrons. The van der Waals surface area contributed by atoms with E-state index < -0.39 is 5.54 Å². The van der Waals surface area contributed by atoms with Crippen LogP contribution in [0.2, 0.25) is 0 Å². The third kappa shape index (κ3) is 2.38. The average molecular weight is 295 g/mol. The third-order valence-electron chi connectivity index (χ3n) is 3.53. The van der Waals surface area contributed by atoms with E-state index >= 15 is 0 Å². The van der Waals surface area contributed by atoms with Gasteiger partial charge in [-0.25, -0.2) is 0 Å². The van der Waals surface area contributed by atoms with Gasteiger partial charge in [0, 0.05) is 12.2 Å². The largest absolute Gasteiger partial charge is 0.295 e. The molecule has 0 aromatic carbocycles. The van der Waals surface area contributed by atoms with E-state index in [0.29, 0.717) is 18.5 Å². The lowest BCUT2D eigenvalue weighted by Crippen LogP contribution is -2.50. The Morgan fingerprint density at radius 1 is 1.53 bits per heavy atom. The number of hydrogen-bond donors (Lipinski definition) is 1. The predicted molar refractivity (Wildman–Crippen MR) is 67.2 cm³/mol. The Kier molecular flexibility index (Phi) is 2.72. The molecule has 4 nitrogen and oxygen atoms in total. The van der Waals surface area contributed by atoms with Crippen LogP contribution in [-0.4, -0.2) is 21.4 Å². The zero-order valence-corrected chi connectivity index (χ0v) is 11.2. The standard InChI is InChI=1S/C12H15BrN4/c13-10-5-15-17(6-10)8-12(7-14,9-1-2-9)16-11-3-4-11/h5-6,9,11,16H,1-4,8H2. The normalized spacial score (nSPS) is 23.1. The van der Waals surface area contributed by atoms with Gasteiger partial charge < -0.3 is 0 Å². The van der Waals surface area contributed by atoms with Crippen molar-refractivity contribution in [2.75, 3.05) is 0 Å². The lowest BCUT2D eigenvalue weighted by molar-refractivity contribution is 0.302. The second-order valence-corrected chi connectivity index (χ2v) is 6.05. The Labute approximate surface area is 109 Å². The molecule has 1 aromatic heterocycles. The van der Waals surface area contributed by atoms with Crippen molar-refractivity contribution in [2.45, 2.75) is 43.8 Å². The summed E-state index contributed by atoms with van der Waals surface area (Å²) < 4.78 is 2.83. The van der Waals surface area contributed by atoms with Crippen LogP contribution in [0.5, 0.6) is 0 Å². The highest BCUT2D eigenvalue weighted by atomic mass is 79.9. The van der Waals surface area contributed by atoms with Crippen LogP contribution in [0.3, 0.4) is 0 Å². The van der Waals surface area contributed by atoms with Crippen molar-refractivity contribution in [3.63, 3.8) is 0 Å². The fourth-order valence-electron chi connectivity index (χ4n) is 2.30. The molecule has 3 rings (SSSR count). The number of aromatic nitrogens is 2. The molecule has 0 bridgehead atoms. The maximum atomic E-state index is 9.57. The van der Waals surface area contributed by atoms with Crippen molar-refractivity contribution in [1.29, 1.82) is 5.26 Å². The summed E-state index contributed by atoms with van der Waals surface area (Å²) in [5.41, 5.74) is -0.410. The summed E-state index contributed by atoms with van der Waals surface area (Å²) in [4.78, 5) is 0. The van der Waals surface area contributed by atoms with Gasteiger partial charge in [-0.15, -0.1) is 0 Å². The minimum Gasteiger partial charge on any atom is -0.295 e. The van der Waals surface area contributed by atoms with E-state index in [2.05, 4.69) is 32.4 Å². The van der Waals surface area contributed by atoms with Crippen LogP contribution in [0.25, 0.3) is 0 Å². The molecule has 1 N–H and O–H groups in total. The fourth-order valence-corrected chi connectivity index (χ4v) is 2.63. The molecular weight excluding hydrogens is 280 g/mol. The summed E-state index contributed by atoms with van der Waals surface area (Å²) >= 11 is 3.39. The molecule has 2 aliphatic rings. The summed E-state index contributed by atoms with van der Waals surface area (Å²) in [7, 11) is 0. The topological polar surface area (TPSA) is 53.6 Å². The zero-order chi connectivity index (χ0) is 11.9. The smallest absolute Gasteiger partial charge is 0.129 e. The Bertz CT molecular complexity index is 455. The number of halogens is 1. The van der Waals surface area contributed by atoms with Crippen molar-refractivity contribution in [2.24, 2.45) is 5.92 Å². The van der Waals surface area contributed by atoms with E-state index in [4.69, 9.17) is 0 Å². The molecule has 2 fully saturated rings. The Morgan fingerprint density at radius 3 is 2.76 bits per heavy atom. The number of rotatable bonds is 5. The molecule has 0 amide bonds. The summed E-state index contributed by atoms with van der Waals surface area (Å²) in [6.45, 7) is 0.649. The number of nitrogens with one attached hydrogen (secondary N) is 1. The van der Waals surface area contributed by atoms with E-state index in [-0.39, 0.29) is 0 Å². The van der Waals surface area contributed by atoms with Crippen molar-refractivity contribution < 1.29 is 0 Å². The summed E-state index contributed by atoms with van der Waals surface area (Å²) in [5, 5.41) is 17.4. The van der Waals surface area contributed by atoms with E-state index in [1.165, 1.54) is 12.8 Å². The molecule has 1 unspecified atom stereocenters. The van der Waals surface area contributed by atoms with Crippen LogP contribution in [0.1, 0.15) is 25.7 Å². The highest BCUT2D eigenvalue weighted by Crippen LogP contribution is 2.42. The van der Waals surface area contributed by atoms with Gasteiger partial charge in [-0.1, -0.05) is 0 Å². The molecule has 0 saturated heterocycles. The van der Waals surface area contributed by atoms with Crippen LogP contribution in [-0.2, 0) is 6.54 Å². The lowest BCUT2D eigenvalue weighted by Gasteiger charge is -2.28. The zero-order valence-electron chi connectivity index (χ0n) is 9.56. The Hall–Kier alpha value is -0.860. The van der Waals surface area contributed by atoms with Gasteiger partial charge in [-0.2, -0.15) is 10.4 Å². The Balaban J connectivity index is 1.79. The second kappa shape index (κ2) is 4.11. The van der Waals surface area contributed by atoms with Crippen molar-refractivity contribution in [3.8, 4) is 6.07 Å². The monoisotopic (exact) mass is 294 g/mol. The molecule has 1 aromatic rings. The van der Waals surface area contributed by atoms with Gasteiger partial charge in [-0.3, -0.25) is 10.00 Å². The van der Waals surface area contributed by atoms with Crippen LogP contribution in [0.4, 0.5) is 0 Å². The molecule has 17 heavy (non-hydrogen) atoms. The summed E-state index contributed by atoms with van der Waals surface area (Å²) in [6, 6.07) is 3.07. The van der Waals surface area contributed by atoms with Crippen LogP contribution in [0, 0.1) is 17.2 Å². The quantitative estimate of drug-likeness (QED) is 0.904. The first-order chi connectivity index (χ1) is 8.22. The van der Waals surface area contributed by atoms with E-state index in [0.717, 1.165) is 17.3 Å². The molecule has 2 aliphatic carbocycles. The van der Waals surface area contributed by atoms with Gasteiger partial charge in [-0.05, 0) is 47.5 Å². The van der Waals surface area contributed by atoms with Crippen molar-refractivity contribution in [1.82, 2.24) is 15.1 Å². The summed E-state index contributed by atoms with van der Waals surface area (Å²) in [5.74, 6) is 0.496. The number of nitrogens with zero attached hydrogens (tertiary/aromatic N) is 3. The first-order valence-corrected chi connectivity index (χ1v) is 6.88. The summed E-state index contributed by atoms with van der Waals surface area (Å²) in [6.07, 6.45) is 8.44. The van der Waals surface area contributed by atoms with Crippen molar-refractivity contribution >= 4 is 15.9 Å². The second-order valence-electron chi connectivity index (χ2n) is 5.13. The number of nitriles is 1. The molecule has 0 spiro atoms. The van der Waals surface area contributed by atoms with Crippen LogP contribution in [0.15, 0.2) is 16.9 Å². The highest BCUT2D eigenvalue weighted by Gasteiger charge is 2.48. The molecule has 90 valence electrons. The molecule has 1 heterocycles. The van der Waals surface area contributed by atoms with Gasteiger partial charge >= 0.3 is 0 Å². The SMILES string of the molecule is N#CC(Cn1cc(Br)cn1)(NC1CC1)C1CC1. The van der Waals surface area contributed by atoms with Crippen molar-refractivity contribution in [3.05, 3.63) is 16.9 Å². The van der Waals surface area contributed by atoms with Gasteiger partial charge in [0.15, 0.2) is 0 Å².